The SMILES string of the molecule is O=C[C@H](O)[C@@H](O)[C@H](O[C@@H]1O[C@H](C(=O)O)[C@@H](O)[C@H](O)[C@@H]1O)[C@H](O)CO. The van der Waals surface area contributed by atoms with Crippen LogP contribution < -0.4 is 0 Å². The number of carboxylic acid groups (broad SMARTS) is 1. The lowest BCUT2D eigenvalue weighted by molar-refractivity contribution is -0.320. The second-order valence-corrected chi connectivity index (χ2v) is 5.20. The minimum absolute atomic E-state index is 0.0814. The molecule has 9 atom stereocenters. The third-order valence-electron chi connectivity index (χ3n) is 3.50. The summed E-state index contributed by atoms with van der Waals surface area (Å²) in [7, 11) is 0. The highest BCUT2D eigenvalue weighted by Crippen LogP contribution is 2.25. The molecule has 0 bridgehead atoms. The van der Waals surface area contributed by atoms with Crippen LogP contribution in [-0.2, 0) is 19.1 Å². The number of carbonyl (C=O) groups excluding carboxylic acids is 1. The molecule has 0 aromatic carbocycles. The van der Waals surface area contributed by atoms with Crippen LogP contribution in [0.15, 0.2) is 0 Å². The van der Waals surface area contributed by atoms with Gasteiger partial charge in [-0.15, -0.1) is 0 Å². The Kier molecular flexibility index (Phi) is 7.59. The Bertz CT molecular complexity index is 430. The lowest BCUT2D eigenvalue weighted by Gasteiger charge is -2.41. The summed E-state index contributed by atoms with van der Waals surface area (Å²) < 4.78 is 9.73. The largest absolute Gasteiger partial charge is 0.479 e. The number of aliphatic carboxylic acids is 1. The molecule has 0 spiro atoms. The molecule has 12 nitrogen and oxygen atoms in total. The van der Waals surface area contributed by atoms with E-state index in [0.29, 0.717) is 0 Å². The van der Waals surface area contributed by atoms with Crippen LogP contribution in [0.2, 0.25) is 0 Å². The zero-order valence-corrected chi connectivity index (χ0v) is 12.2. The van der Waals surface area contributed by atoms with Crippen LogP contribution in [0.25, 0.3) is 0 Å². The molecule has 1 fully saturated rings. The monoisotopic (exact) mass is 356 g/mol. The maximum absolute atomic E-state index is 11.0. The molecule has 24 heavy (non-hydrogen) atoms. The van der Waals surface area contributed by atoms with Crippen LogP contribution in [0.4, 0.5) is 0 Å². The average Bonchev–Trinajstić information content (AvgIpc) is 2.56. The summed E-state index contributed by atoms with van der Waals surface area (Å²) in [6.07, 6.45) is -17.8. The van der Waals surface area contributed by atoms with Crippen molar-refractivity contribution in [2.24, 2.45) is 0 Å². The highest BCUT2D eigenvalue weighted by atomic mass is 16.7. The third kappa shape index (κ3) is 4.44. The number of hydrogen-bond donors (Lipinski definition) is 8. The van der Waals surface area contributed by atoms with E-state index in [1.54, 1.807) is 0 Å². The minimum atomic E-state index is -2.06. The molecule has 12 heteroatoms. The van der Waals surface area contributed by atoms with E-state index in [9.17, 15) is 40.2 Å². The van der Waals surface area contributed by atoms with Crippen molar-refractivity contribution >= 4 is 12.3 Å². The van der Waals surface area contributed by atoms with Crippen molar-refractivity contribution in [1.29, 1.82) is 0 Å². The van der Waals surface area contributed by atoms with Gasteiger partial charge in [-0.25, -0.2) is 4.79 Å². The van der Waals surface area contributed by atoms with Gasteiger partial charge in [0.05, 0.1) is 6.61 Å². The number of carboxylic acids is 1. The first kappa shape index (κ1) is 20.8. The molecule has 1 rings (SSSR count). The first-order valence-electron chi connectivity index (χ1n) is 6.84. The summed E-state index contributed by atoms with van der Waals surface area (Å²) in [6, 6.07) is 0. The molecule has 0 unspecified atom stereocenters. The van der Waals surface area contributed by atoms with Gasteiger partial charge in [-0.3, -0.25) is 0 Å². The van der Waals surface area contributed by atoms with Crippen molar-refractivity contribution in [3.8, 4) is 0 Å². The normalized spacial score (nSPS) is 35.7. The summed E-state index contributed by atoms with van der Waals surface area (Å²) in [5.41, 5.74) is 0. The van der Waals surface area contributed by atoms with Crippen LogP contribution in [-0.4, -0.2) is 115 Å². The van der Waals surface area contributed by atoms with Gasteiger partial charge in [0.25, 0.3) is 0 Å². The lowest BCUT2D eigenvalue weighted by atomic mass is 9.98. The topological polar surface area (TPSA) is 214 Å². The quantitative estimate of drug-likeness (QED) is 0.191. The van der Waals surface area contributed by atoms with E-state index in [0.717, 1.165) is 0 Å². The van der Waals surface area contributed by atoms with E-state index >= 15 is 0 Å². The first-order chi connectivity index (χ1) is 11.1. The van der Waals surface area contributed by atoms with Crippen LogP contribution in [0.1, 0.15) is 0 Å². The molecule has 8 N–H and O–H groups in total. The number of aliphatic hydroxyl groups is 7. The zero-order chi connectivity index (χ0) is 18.6. The molecule has 0 radical (unpaired) electrons. The Balaban J connectivity index is 2.98. The van der Waals surface area contributed by atoms with Gasteiger partial charge in [0.15, 0.2) is 18.7 Å². The van der Waals surface area contributed by atoms with Gasteiger partial charge in [0.1, 0.15) is 42.7 Å². The van der Waals surface area contributed by atoms with Crippen molar-refractivity contribution < 1.29 is 59.9 Å². The number of carbonyl (C=O) groups is 2. The smallest absolute Gasteiger partial charge is 0.335 e. The maximum Gasteiger partial charge on any atom is 0.335 e. The first-order valence-corrected chi connectivity index (χ1v) is 6.84. The Labute approximate surface area is 135 Å². The Morgan fingerprint density at radius 2 is 1.71 bits per heavy atom. The maximum atomic E-state index is 11.0. The molecule has 1 aliphatic rings. The van der Waals surface area contributed by atoms with Crippen molar-refractivity contribution in [1.82, 2.24) is 0 Å². The van der Waals surface area contributed by atoms with Gasteiger partial charge in [0, 0.05) is 0 Å². The highest BCUT2D eigenvalue weighted by Gasteiger charge is 2.49. The predicted octanol–water partition coefficient (Wildman–Crippen LogP) is -5.46. The van der Waals surface area contributed by atoms with Gasteiger partial charge in [-0.2, -0.15) is 0 Å². The van der Waals surface area contributed by atoms with Crippen molar-refractivity contribution in [2.75, 3.05) is 6.61 Å². The molecule has 0 saturated carbocycles. The van der Waals surface area contributed by atoms with E-state index in [1.807, 2.05) is 0 Å². The van der Waals surface area contributed by atoms with Gasteiger partial charge in [0.2, 0.25) is 0 Å². The molecule has 0 aromatic heterocycles. The number of ether oxygens (including phenoxy) is 2. The predicted molar refractivity (Wildman–Crippen MR) is 70.4 cm³/mol. The fourth-order valence-electron chi connectivity index (χ4n) is 2.10. The Morgan fingerprint density at radius 1 is 1.12 bits per heavy atom. The summed E-state index contributed by atoms with van der Waals surface area (Å²) in [4.78, 5) is 21.5. The second kappa shape index (κ2) is 8.75. The van der Waals surface area contributed by atoms with Crippen molar-refractivity contribution in [3.63, 3.8) is 0 Å². The summed E-state index contributed by atoms with van der Waals surface area (Å²) >= 11 is 0. The lowest BCUT2D eigenvalue weighted by Crippen LogP contribution is -2.62. The zero-order valence-electron chi connectivity index (χ0n) is 12.2. The molecule has 0 aromatic rings. The van der Waals surface area contributed by atoms with Crippen molar-refractivity contribution in [3.05, 3.63) is 0 Å². The van der Waals surface area contributed by atoms with Gasteiger partial charge < -0.3 is 55.1 Å². The van der Waals surface area contributed by atoms with Crippen LogP contribution in [0, 0.1) is 0 Å². The molecular weight excluding hydrogens is 336 g/mol. The standard InChI is InChI=1S/C12H20O12/c13-1-3(15)5(17)9(4(16)2-14)23-12-8(20)6(18)7(19)10(24-12)11(21)22/h1,3-10,12,14-20H,2H2,(H,21,22)/t3-,4+,5+,6-,7-,8-,9+,10-,12+/m0/s1. The molecule has 0 aliphatic carbocycles. The molecule has 1 aliphatic heterocycles. The van der Waals surface area contributed by atoms with Crippen molar-refractivity contribution in [2.45, 2.75) is 55.1 Å². The summed E-state index contributed by atoms with van der Waals surface area (Å²) in [5.74, 6) is -1.69. The van der Waals surface area contributed by atoms with E-state index in [2.05, 4.69) is 0 Å². The van der Waals surface area contributed by atoms with Crippen LogP contribution in [0.5, 0.6) is 0 Å². The minimum Gasteiger partial charge on any atom is -0.479 e. The van der Waals surface area contributed by atoms with E-state index < -0.39 is 67.7 Å². The molecule has 1 heterocycles. The molecular formula is C12H20O12. The van der Waals surface area contributed by atoms with E-state index in [4.69, 9.17) is 19.7 Å². The second-order valence-electron chi connectivity index (χ2n) is 5.20. The molecule has 0 amide bonds. The fourth-order valence-corrected chi connectivity index (χ4v) is 2.10. The molecule has 140 valence electrons. The Morgan fingerprint density at radius 3 is 2.17 bits per heavy atom. The van der Waals surface area contributed by atoms with Crippen LogP contribution in [0.3, 0.4) is 0 Å². The summed E-state index contributed by atoms with van der Waals surface area (Å²) in [5, 5.41) is 75.4. The van der Waals surface area contributed by atoms with E-state index in [-0.39, 0.29) is 6.29 Å². The number of aliphatic hydroxyl groups excluding tert-OH is 7. The number of aldehydes is 1. The van der Waals surface area contributed by atoms with Crippen LogP contribution >= 0.6 is 0 Å². The number of rotatable bonds is 8. The summed E-state index contributed by atoms with van der Waals surface area (Å²) in [6.45, 7) is -0.982. The fraction of sp³-hybridized carbons (Fsp3) is 0.833. The van der Waals surface area contributed by atoms with Gasteiger partial charge >= 0.3 is 5.97 Å². The number of hydrogen-bond acceptors (Lipinski definition) is 11. The average molecular weight is 356 g/mol. The third-order valence-corrected chi connectivity index (χ3v) is 3.50. The van der Waals surface area contributed by atoms with Gasteiger partial charge in [-0.1, -0.05) is 0 Å². The Hall–Kier alpha value is -1.22. The molecule has 1 saturated heterocycles. The van der Waals surface area contributed by atoms with E-state index in [1.165, 1.54) is 0 Å². The van der Waals surface area contributed by atoms with Gasteiger partial charge in [-0.05, 0) is 0 Å². The highest BCUT2D eigenvalue weighted by molar-refractivity contribution is 5.73.